The normalized spacial score (nSPS) is 16.8. The summed E-state index contributed by atoms with van der Waals surface area (Å²) in [6, 6.07) is 12.4. The van der Waals surface area contributed by atoms with Crippen LogP contribution in [0, 0.1) is 5.82 Å². The molecular formula is C18H16ClF4OSi. The molecule has 1 fully saturated rings. The van der Waals surface area contributed by atoms with E-state index in [1.165, 1.54) is 30.3 Å². The maximum Gasteiger partial charge on any atom is 0.573 e. The van der Waals surface area contributed by atoms with Gasteiger partial charge in [0, 0.05) is 5.56 Å². The lowest BCUT2D eigenvalue weighted by Crippen LogP contribution is -2.16. The molecule has 0 bridgehead atoms. The number of hydrogen-bond donors (Lipinski definition) is 0. The molecule has 25 heavy (non-hydrogen) atoms. The minimum Gasteiger partial charge on any atom is -0.406 e. The van der Waals surface area contributed by atoms with Gasteiger partial charge in [-0.3, -0.25) is 0 Å². The van der Waals surface area contributed by atoms with E-state index in [0.717, 1.165) is 30.5 Å². The molecule has 0 spiro atoms. The van der Waals surface area contributed by atoms with Gasteiger partial charge in [-0.25, -0.2) is 4.39 Å². The van der Waals surface area contributed by atoms with Gasteiger partial charge in [-0.1, -0.05) is 24.3 Å². The second-order valence-electron chi connectivity index (χ2n) is 6.10. The van der Waals surface area contributed by atoms with E-state index in [1.807, 2.05) is 6.07 Å². The summed E-state index contributed by atoms with van der Waals surface area (Å²) in [5, 5.41) is 0. The predicted molar refractivity (Wildman–Crippen MR) is 91.7 cm³/mol. The molecule has 0 saturated carbocycles. The van der Waals surface area contributed by atoms with Crippen molar-refractivity contribution in [3.05, 3.63) is 53.8 Å². The molecule has 0 amide bonds. The van der Waals surface area contributed by atoms with Gasteiger partial charge in [0.2, 0.25) is 0 Å². The second kappa shape index (κ2) is 7.38. The Balaban J connectivity index is 1.77. The van der Waals surface area contributed by atoms with Crippen LogP contribution in [0.4, 0.5) is 17.6 Å². The van der Waals surface area contributed by atoms with Crippen LogP contribution in [0.15, 0.2) is 42.5 Å². The number of halogens is 5. The molecule has 2 aromatic rings. The standard InChI is InChI=1S/C18H16ClF4OSi/c19-25-9-7-12(8-10-25)14-3-6-16(17(20)11-14)13-1-4-15(5-2-13)24-18(21,22)23/h1-6,11-12H,7-10H2. The Morgan fingerprint density at radius 2 is 1.64 bits per heavy atom. The predicted octanol–water partition coefficient (Wildman–Crippen LogP) is 6.50. The maximum atomic E-state index is 14.5. The van der Waals surface area contributed by atoms with E-state index in [0.29, 0.717) is 17.0 Å². The first-order valence-corrected chi connectivity index (χ1v) is 10.9. The van der Waals surface area contributed by atoms with Crippen molar-refractivity contribution in [1.29, 1.82) is 0 Å². The first-order chi connectivity index (χ1) is 11.8. The molecule has 1 heterocycles. The van der Waals surface area contributed by atoms with Crippen molar-refractivity contribution in [1.82, 2.24) is 0 Å². The average Bonchev–Trinajstić information content (AvgIpc) is 2.55. The number of rotatable bonds is 3. The molecule has 0 aliphatic carbocycles. The van der Waals surface area contributed by atoms with Crippen LogP contribution in [0.1, 0.15) is 24.3 Å². The smallest absolute Gasteiger partial charge is 0.406 e. The van der Waals surface area contributed by atoms with Crippen LogP contribution in [0.25, 0.3) is 11.1 Å². The van der Waals surface area contributed by atoms with E-state index in [4.69, 9.17) is 11.1 Å². The third kappa shape index (κ3) is 4.76. The molecule has 1 radical (unpaired) electrons. The van der Waals surface area contributed by atoms with Gasteiger partial charge in [0.25, 0.3) is 0 Å². The zero-order chi connectivity index (χ0) is 18.0. The molecule has 1 aliphatic rings. The summed E-state index contributed by atoms with van der Waals surface area (Å²) in [4.78, 5) is 0. The van der Waals surface area contributed by atoms with E-state index < -0.39 is 14.5 Å². The number of benzene rings is 2. The number of ether oxygens (including phenoxy) is 1. The van der Waals surface area contributed by atoms with Crippen molar-refractivity contribution in [3.8, 4) is 16.9 Å². The van der Waals surface area contributed by atoms with Crippen molar-refractivity contribution in [2.24, 2.45) is 0 Å². The van der Waals surface area contributed by atoms with Crippen molar-refractivity contribution in [2.75, 3.05) is 0 Å². The fourth-order valence-electron chi connectivity index (χ4n) is 3.12. The molecular weight excluding hydrogens is 372 g/mol. The first kappa shape index (κ1) is 18.3. The van der Waals surface area contributed by atoms with Crippen molar-refractivity contribution in [2.45, 2.75) is 37.2 Å². The molecule has 7 heteroatoms. The van der Waals surface area contributed by atoms with E-state index >= 15 is 0 Å². The maximum absolute atomic E-state index is 14.5. The first-order valence-electron chi connectivity index (χ1n) is 7.97. The molecule has 133 valence electrons. The van der Waals surface area contributed by atoms with Gasteiger partial charge in [0.05, 0.1) is 0 Å². The second-order valence-corrected chi connectivity index (χ2v) is 9.74. The van der Waals surface area contributed by atoms with Crippen molar-refractivity contribution < 1.29 is 22.3 Å². The Bertz CT molecular complexity index is 725. The van der Waals surface area contributed by atoms with Crippen molar-refractivity contribution >= 4 is 19.2 Å². The molecule has 2 aromatic carbocycles. The monoisotopic (exact) mass is 387 g/mol. The third-order valence-corrected chi connectivity index (χ3v) is 7.19. The highest BCUT2D eigenvalue weighted by atomic mass is 35.6. The topological polar surface area (TPSA) is 9.23 Å². The molecule has 1 aliphatic heterocycles. The molecule has 1 saturated heterocycles. The lowest BCUT2D eigenvalue weighted by atomic mass is 9.91. The van der Waals surface area contributed by atoms with Crippen LogP contribution < -0.4 is 4.74 Å². The van der Waals surface area contributed by atoms with Gasteiger partial charge in [-0.15, -0.1) is 13.2 Å². The highest BCUT2D eigenvalue weighted by molar-refractivity contribution is 7.07. The van der Waals surface area contributed by atoms with Gasteiger partial charge in [-0.05, 0) is 60.2 Å². The minimum absolute atomic E-state index is 0.325. The van der Waals surface area contributed by atoms with E-state index in [2.05, 4.69) is 4.74 Å². The molecule has 0 aromatic heterocycles. The van der Waals surface area contributed by atoms with Crippen LogP contribution in [0.2, 0.25) is 12.1 Å². The third-order valence-electron chi connectivity index (χ3n) is 4.39. The van der Waals surface area contributed by atoms with E-state index in [9.17, 15) is 17.6 Å². The SMILES string of the molecule is Fc1cc(C2CC[Si](Cl)CC2)ccc1-c1ccc(OC(F)(F)F)cc1. The Labute approximate surface area is 149 Å². The Kier molecular flexibility index (Phi) is 5.39. The summed E-state index contributed by atoms with van der Waals surface area (Å²) >= 11 is 6.21. The van der Waals surface area contributed by atoms with Crippen LogP contribution in [-0.2, 0) is 0 Å². The van der Waals surface area contributed by atoms with Crippen LogP contribution in [0.3, 0.4) is 0 Å². The van der Waals surface area contributed by atoms with Gasteiger partial charge in [0.1, 0.15) is 11.6 Å². The summed E-state index contributed by atoms with van der Waals surface area (Å²) in [6.45, 7) is 0. The Morgan fingerprint density at radius 3 is 2.20 bits per heavy atom. The van der Waals surface area contributed by atoms with E-state index in [-0.39, 0.29) is 11.6 Å². The summed E-state index contributed by atoms with van der Waals surface area (Å²) in [6.07, 6.45) is -2.77. The molecule has 0 N–H and O–H groups in total. The molecule has 0 atom stereocenters. The van der Waals surface area contributed by atoms with Crippen LogP contribution >= 0.6 is 11.1 Å². The van der Waals surface area contributed by atoms with Crippen LogP contribution in [-0.4, -0.2) is 14.5 Å². The molecule has 0 unspecified atom stereocenters. The van der Waals surface area contributed by atoms with Gasteiger partial charge >= 0.3 is 6.36 Å². The van der Waals surface area contributed by atoms with Gasteiger partial charge in [0.15, 0.2) is 8.11 Å². The number of alkyl halides is 3. The minimum atomic E-state index is -4.74. The lowest BCUT2D eigenvalue weighted by molar-refractivity contribution is -0.274. The average molecular weight is 388 g/mol. The van der Waals surface area contributed by atoms with Gasteiger partial charge < -0.3 is 4.74 Å². The summed E-state index contributed by atoms with van der Waals surface area (Å²) in [5.74, 6) is -0.364. The largest absolute Gasteiger partial charge is 0.573 e. The zero-order valence-electron chi connectivity index (χ0n) is 13.2. The van der Waals surface area contributed by atoms with Crippen LogP contribution in [0.5, 0.6) is 5.75 Å². The fraction of sp³-hybridized carbons (Fsp3) is 0.333. The number of hydrogen-bond acceptors (Lipinski definition) is 1. The highest BCUT2D eigenvalue weighted by Crippen LogP contribution is 2.36. The lowest BCUT2D eigenvalue weighted by Gasteiger charge is -2.24. The summed E-state index contributed by atoms with van der Waals surface area (Å²) < 4.78 is 54.9. The summed E-state index contributed by atoms with van der Waals surface area (Å²) in [5.41, 5.74) is 1.83. The van der Waals surface area contributed by atoms with Crippen molar-refractivity contribution in [3.63, 3.8) is 0 Å². The summed E-state index contributed by atoms with van der Waals surface area (Å²) in [7, 11) is -0.724. The fourth-order valence-corrected chi connectivity index (χ4v) is 5.35. The highest BCUT2D eigenvalue weighted by Gasteiger charge is 2.31. The quantitative estimate of drug-likeness (QED) is 0.332. The van der Waals surface area contributed by atoms with E-state index in [1.54, 1.807) is 6.07 Å². The Hall–Kier alpha value is -1.53. The zero-order valence-corrected chi connectivity index (χ0v) is 15.0. The molecule has 3 rings (SSSR count). The molecule has 1 nitrogen and oxygen atoms in total. The van der Waals surface area contributed by atoms with Gasteiger partial charge in [-0.2, -0.15) is 11.1 Å². The Morgan fingerprint density at radius 1 is 1.00 bits per heavy atom.